The van der Waals surface area contributed by atoms with Crippen LogP contribution >= 0.6 is 11.3 Å². The van der Waals surface area contributed by atoms with E-state index >= 15 is 0 Å². The number of nitrogens with one attached hydrogen (secondary N) is 1. The number of aryl methyl sites for hydroxylation is 1. The Hall–Kier alpha value is -3.01. The van der Waals surface area contributed by atoms with Crippen LogP contribution in [0.25, 0.3) is 0 Å². The minimum atomic E-state index is -0.648. The van der Waals surface area contributed by atoms with Crippen LogP contribution in [0.5, 0.6) is 0 Å². The van der Waals surface area contributed by atoms with Crippen LogP contribution in [0.4, 0.5) is 17.1 Å². The number of hydrogen-bond acceptors (Lipinski definition) is 7. The maximum absolute atomic E-state index is 12.3. The van der Waals surface area contributed by atoms with Crippen molar-refractivity contribution in [1.82, 2.24) is 5.32 Å². The normalized spacial score (nSPS) is 14.8. The van der Waals surface area contributed by atoms with Gasteiger partial charge in [0.15, 0.2) is 0 Å². The van der Waals surface area contributed by atoms with E-state index in [0.29, 0.717) is 36.5 Å². The summed E-state index contributed by atoms with van der Waals surface area (Å²) < 4.78 is 0. The van der Waals surface area contributed by atoms with Crippen LogP contribution in [0.3, 0.4) is 0 Å². The highest BCUT2D eigenvalue weighted by Gasteiger charge is 2.27. The van der Waals surface area contributed by atoms with Gasteiger partial charge in [0.05, 0.1) is 20.8 Å². The SMILES string of the molecule is Cc1ccc(C(=O)NC2CCN(c3ccc([N+](=O)[O-])cc3[N+](=O)[O-])CC2)s1. The molecule has 0 saturated carbocycles. The number of benzene rings is 1. The fourth-order valence-corrected chi connectivity index (χ4v) is 3.89. The Kier molecular flexibility index (Phi) is 5.36. The molecule has 0 aliphatic carbocycles. The molecule has 1 saturated heterocycles. The fourth-order valence-electron chi connectivity index (χ4n) is 3.12. The van der Waals surface area contributed by atoms with Crippen molar-refractivity contribution in [1.29, 1.82) is 0 Å². The summed E-state index contributed by atoms with van der Waals surface area (Å²) in [6.07, 6.45) is 1.29. The Balaban J connectivity index is 1.66. The molecule has 1 aromatic heterocycles. The lowest BCUT2D eigenvalue weighted by Gasteiger charge is -2.33. The topological polar surface area (TPSA) is 119 Å². The smallest absolute Gasteiger partial charge is 0.299 e. The highest BCUT2D eigenvalue weighted by molar-refractivity contribution is 7.13. The van der Waals surface area contributed by atoms with Crippen molar-refractivity contribution in [3.05, 3.63) is 60.3 Å². The van der Waals surface area contributed by atoms with Gasteiger partial charge in [0.2, 0.25) is 0 Å². The van der Waals surface area contributed by atoms with E-state index in [4.69, 9.17) is 0 Å². The van der Waals surface area contributed by atoms with Gasteiger partial charge < -0.3 is 10.2 Å². The highest BCUT2D eigenvalue weighted by atomic mass is 32.1. The molecule has 3 rings (SSSR count). The number of piperidine rings is 1. The molecule has 0 spiro atoms. The van der Waals surface area contributed by atoms with Crippen LogP contribution in [0.1, 0.15) is 27.4 Å². The zero-order valence-electron chi connectivity index (χ0n) is 14.6. The van der Waals surface area contributed by atoms with Crippen molar-refractivity contribution < 1.29 is 14.6 Å². The number of carbonyl (C=O) groups excluding carboxylic acids is 1. The Morgan fingerprint density at radius 1 is 1.15 bits per heavy atom. The summed E-state index contributed by atoms with van der Waals surface area (Å²) in [4.78, 5) is 36.7. The van der Waals surface area contributed by atoms with Crippen molar-refractivity contribution >= 4 is 34.3 Å². The zero-order valence-corrected chi connectivity index (χ0v) is 15.4. The lowest BCUT2D eigenvalue weighted by molar-refractivity contribution is -0.393. The van der Waals surface area contributed by atoms with Crippen LogP contribution in [0.15, 0.2) is 30.3 Å². The third-order valence-electron chi connectivity index (χ3n) is 4.50. The van der Waals surface area contributed by atoms with Crippen LogP contribution in [-0.4, -0.2) is 34.9 Å². The number of nitro benzene ring substituents is 2. The van der Waals surface area contributed by atoms with Crippen LogP contribution in [0.2, 0.25) is 0 Å². The summed E-state index contributed by atoms with van der Waals surface area (Å²) in [7, 11) is 0. The Morgan fingerprint density at radius 3 is 2.41 bits per heavy atom. The van der Waals surface area contributed by atoms with E-state index in [2.05, 4.69) is 5.32 Å². The van der Waals surface area contributed by atoms with E-state index in [1.165, 1.54) is 23.5 Å². The van der Waals surface area contributed by atoms with E-state index in [1.54, 1.807) is 6.07 Å². The number of hydrogen-bond donors (Lipinski definition) is 1. The molecule has 1 aromatic carbocycles. The molecule has 1 fully saturated rings. The van der Waals surface area contributed by atoms with E-state index in [-0.39, 0.29) is 23.3 Å². The first kappa shape index (κ1) is 18.8. The molecular formula is C17H18N4O5S. The largest absolute Gasteiger partial charge is 0.366 e. The summed E-state index contributed by atoms with van der Waals surface area (Å²) in [6.45, 7) is 2.98. The standard InChI is InChI=1S/C17H18N4O5S/c1-11-2-5-16(27-11)17(22)18-12-6-8-19(9-7-12)14-4-3-13(20(23)24)10-15(14)21(25)26/h2-5,10,12H,6-9H2,1H3,(H,18,22). The first-order chi connectivity index (χ1) is 12.8. The molecule has 10 heteroatoms. The predicted molar refractivity (Wildman–Crippen MR) is 102 cm³/mol. The van der Waals surface area contributed by atoms with Crippen LogP contribution in [0, 0.1) is 27.2 Å². The second-order valence-corrected chi connectivity index (χ2v) is 7.62. The Bertz CT molecular complexity index is 889. The lowest BCUT2D eigenvalue weighted by Crippen LogP contribution is -2.44. The van der Waals surface area contributed by atoms with Crippen molar-refractivity contribution in [3.8, 4) is 0 Å². The van der Waals surface area contributed by atoms with Gasteiger partial charge in [-0.3, -0.25) is 25.0 Å². The number of anilines is 1. The van der Waals surface area contributed by atoms with Crippen LogP contribution < -0.4 is 10.2 Å². The third-order valence-corrected chi connectivity index (χ3v) is 5.50. The molecule has 0 atom stereocenters. The Labute approximate surface area is 158 Å². The van der Waals surface area contributed by atoms with Gasteiger partial charge in [-0.25, -0.2) is 0 Å². The number of thiophene rings is 1. The van der Waals surface area contributed by atoms with Crippen molar-refractivity contribution in [2.45, 2.75) is 25.8 Å². The second kappa shape index (κ2) is 7.70. The van der Waals surface area contributed by atoms with Gasteiger partial charge in [-0.15, -0.1) is 11.3 Å². The van der Waals surface area contributed by atoms with Gasteiger partial charge >= 0.3 is 0 Å². The predicted octanol–water partition coefficient (Wildman–Crippen LogP) is 3.27. The molecule has 0 unspecified atom stereocenters. The number of rotatable bonds is 5. The van der Waals surface area contributed by atoms with Crippen molar-refractivity contribution in [2.24, 2.45) is 0 Å². The Morgan fingerprint density at radius 2 is 1.85 bits per heavy atom. The molecule has 1 amide bonds. The molecule has 9 nitrogen and oxygen atoms in total. The van der Waals surface area contributed by atoms with Gasteiger partial charge in [0.25, 0.3) is 17.3 Å². The van der Waals surface area contributed by atoms with Gasteiger partial charge in [-0.2, -0.15) is 0 Å². The molecule has 1 aliphatic rings. The van der Waals surface area contributed by atoms with Gasteiger partial charge in [0, 0.05) is 30.1 Å². The van der Waals surface area contributed by atoms with E-state index in [9.17, 15) is 25.0 Å². The quantitative estimate of drug-likeness (QED) is 0.618. The first-order valence-electron chi connectivity index (χ1n) is 8.40. The van der Waals surface area contributed by atoms with E-state index < -0.39 is 9.85 Å². The molecule has 1 N–H and O–H groups in total. The van der Waals surface area contributed by atoms with Gasteiger partial charge in [-0.05, 0) is 38.0 Å². The summed E-state index contributed by atoms with van der Waals surface area (Å²) in [5.74, 6) is -0.104. The highest BCUT2D eigenvalue weighted by Crippen LogP contribution is 2.33. The summed E-state index contributed by atoms with van der Waals surface area (Å²) in [6, 6.07) is 7.37. The molecule has 27 heavy (non-hydrogen) atoms. The van der Waals surface area contributed by atoms with Gasteiger partial charge in [-0.1, -0.05) is 0 Å². The molecular weight excluding hydrogens is 372 g/mol. The zero-order chi connectivity index (χ0) is 19.6. The van der Waals surface area contributed by atoms with Crippen molar-refractivity contribution in [2.75, 3.05) is 18.0 Å². The van der Waals surface area contributed by atoms with Gasteiger partial charge in [0.1, 0.15) is 5.69 Å². The van der Waals surface area contributed by atoms with Crippen LogP contribution in [-0.2, 0) is 0 Å². The number of non-ortho nitro benzene ring substituents is 1. The summed E-state index contributed by atoms with van der Waals surface area (Å²) >= 11 is 1.44. The lowest BCUT2D eigenvalue weighted by atomic mass is 10.0. The summed E-state index contributed by atoms with van der Waals surface area (Å²) in [5, 5.41) is 25.2. The monoisotopic (exact) mass is 390 g/mol. The number of amides is 1. The minimum absolute atomic E-state index is 0.00624. The maximum atomic E-state index is 12.3. The fraction of sp³-hybridized carbons (Fsp3) is 0.353. The molecule has 2 aromatic rings. The number of carbonyl (C=O) groups is 1. The molecule has 142 valence electrons. The average Bonchev–Trinajstić information content (AvgIpc) is 3.08. The first-order valence-corrected chi connectivity index (χ1v) is 9.22. The van der Waals surface area contributed by atoms with E-state index in [0.717, 1.165) is 10.9 Å². The summed E-state index contributed by atoms with van der Waals surface area (Å²) in [5.41, 5.74) is -0.219. The number of nitro groups is 2. The maximum Gasteiger partial charge on any atom is 0.299 e. The minimum Gasteiger partial charge on any atom is -0.366 e. The average molecular weight is 390 g/mol. The number of nitrogens with zero attached hydrogens (tertiary/aromatic N) is 3. The van der Waals surface area contributed by atoms with Crippen molar-refractivity contribution in [3.63, 3.8) is 0 Å². The second-order valence-electron chi connectivity index (χ2n) is 6.33. The molecule has 0 bridgehead atoms. The van der Waals surface area contributed by atoms with E-state index in [1.807, 2.05) is 17.9 Å². The molecule has 2 heterocycles. The third kappa shape index (κ3) is 4.22. The molecule has 0 radical (unpaired) electrons. The molecule has 1 aliphatic heterocycles.